The fourth-order valence-corrected chi connectivity index (χ4v) is 2.62. The Morgan fingerprint density at radius 3 is 2.94 bits per heavy atom. The smallest absolute Gasteiger partial charge is 0.321 e. The third-order valence-corrected chi connectivity index (χ3v) is 3.64. The second-order valence-electron chi connectivity index (χ2n) is 3.69. The number of carboxylic acids is 1. The Morgan fingerprint density at radius 1 is 1.44 bits per heavy atom. The first-order chi connectivity index (χ1) is 8.72. The van der Waals surface area contributed by atoms with Crippen molar-refractivity contribution in [2.24, 2.45) is 0 Å². The predicted molar refractivity (Wildman–Crippen MR) is 70.7 cm³/mol. The lowest BCUT2D eigenvalue weighted by atomic mass is 10.2. The SMILES string of the molecule is CNC(CSc1ncnc2ccccc12)C(=O)O. The van der Waals surface area contributed by atoms with Crippen LogP contribution in [0, 0.1) is 0 Å². The van der Waals surface area contributed by atoms with E-state index >= 15 is 0 Å². The molecule has 1 aromatic carbocycles. The van der Waals surface area contributed by atoms with E-state index in [2.05, 4.69) is 15.3 Å². The normalized spacial score (nSPS) is 12.5. The van der Waals surface area contributed by atoms with Gasteiger partial charge in [-0.1, -0.05) is 18.2 Å². The second-order valence-corrected chi connectivity index (χ2v) is 4.70. The minimum Gasteiger partial charge on any atom is -0.480 e. The van der Waals surface area contributed by atoms with Crippen molar-refractivity contribution in [1.29, 1.82) is 0 Å². The van der Waals surface area contributed by atoms with Crippen molar-refractivity contribution >= 4 is 28.6 Å². The maximum absolute atomic E-state index is 10.9. The van der Waals surface area contributed by atoms with Gasteiger partial charge in [0.05, 0.1) is 5.52 Å². The Bertz CT molecular complexity index is 557. The molecular weight excluding hydrogens is 250 g/mol. The van der Waals surface area contributed by atoms with Crippen LogP contribution in [0.5, 0.6) is 0 Å². The van der Waals surface area contributed by atoms with Crippen LogP contribution in [-0.4, -0.2) is 39.9 Å². The van der Waals surface area contributed by atoms with E-state index in [9.17, 15) is 4.79 Å². The number of aliphatic carboxylic acids is 1. The average molecular weight is 263 g/mol. The predicted octanol–water partition coefficient (Wildman–Crippen LogP) is 1.39. The van der Waals surface area contributed by atoms with Gasteiger partial charge in [0.15, 0.2) is 0 Å². The number of carboxylic acid groups (broad SMARTS) is 1. The standard InChI is InChI=1S/C12H13N3O2S/c1-13-10(12(16)17)6-18-11-8-4-2-3-5-9(8)14-7-15-11/h2-5,7,10,13H,6H2,1H3,(H,16,17). The van der Waals surface area contributed by atoms with Crippen molar-refractivity contribution in [3.05, 3.63) is 30.6 Å². The Kier molecular flexibility index (Phi) is 4.11. The molecule has 6 heteroatoms. The average Bonchev–Trinajstić information content (AvgIpc) is 2.39. The molecular formula is C12H13N3O2S. The number of nitrogens with one attached hydrogen (secondary N) is 1. The molecule has 0 fully saturated rings. The number of rotatable bonds is 5. The van der Waals surface area contributed by atoms with Crippen molar-refractivity contribution in [1.82, 2.24) is 15.3 Å². The minimum atomic E-state index is -0.858. The van der Waals surface area contributed by atoms with Crippen LogP contribution in [0.1, 0.15) is 0 Å². The van der Waals surface area contributed by atoms with Crippen molar-refractivity contribution in [3.8, 4) is 0 Å². The van der Waals surface area contributed by atoms with Gasteiger partial charge >= 0.3 is 5.97 Å². The number of aromatic nitrogens is 2. The zero-order valence-corrected chi connectivity index (χ0v) is 10.6. The molecule has 0 spiro atoms. The molecule has 1 unspecified atom stereocenters. The molecule has 0 saturated carbocycles. The molecule has 0 aliphatic rings. The fourth-order valence-electron chi connectivity index (χ4n) is 1.54. The van der Waals surface area contributed by atoms with E-state index in [1.807, 2.05) is 24.3 Å². The third-order valence-electron chi connectivity index (χ3n) is 2.54. The summed E-state index contributed by atoms with van der Waals surface area (Å²) in [6.07, 6.45) is 1.50. The topological polar surface area (TPSA) is 75.1 Å². The molecule has 0 radical (unpaired) electrons. The van der Waals surface area contributed by atoms with Crippen molar-refractivity contribution in [2.75, 3.05) is 12.8 Å². The summed E-state index contributed by atoms with van der Waals surface area (Å²) in [5.74, 6) is -0.435. The fraction of sp³-hybridized carbons (Fsp3) is 0.250. The maximum Gasteiger partial charge on any atom is 0.321 e. The highest BCUT2D eigenvalue weighted by atomic mass is 32.2. The van der Waals surface area contributed by atoms with Gasteiger partial charge in [-0.15, -0.1) is 11.8 Å². The van der Waals surface area contributed by atoms with E-state index in [1.54, 1.807) is 7.05 Å². The van der Waals surface area contributed by atoms with Crippen LogP contribution in [0.3, 0.4) is 0 Å². The zero-order valence-electron chi connectivity index (χ0n) is 9.83. The van der Waals surface area contributed by atoms with Gasteiger partial charge in [-0.05, 0) is 13.1 Å². The summed E-state index contributed by atoms with van der Waals surface area (Å²) >= 11 is 1.42. The highest BCUT2D eigenvalue weighted by molar-refractivity contribution is 7.99. The first-order valence-corrected chi connectivity index (χ1v) is 6.43. The molecule has 1 aromatic heterocycles. The molecule has 2 aromatic rings. The molecule has 1 heterocycles. The van der Waals surface area contributed by atoms with Crippen LogP contribution in [0.15, 0.2) is 35.6 Å². The van der Waals surface area contributed by atoms with Gasteiger partial charge < -0.3 is 10.4 Å². The number of hydrogen-bond acceptors (Lipinski definition) is 5. The summed E-state index contributed by atoms with van der Waals surface area (Å²) in [6.45, 7) is 0. The van der Waals surface area contributed by atoms with Crippen molar-refractivity contribution in [3.63, 3.8) is 0 Å². The van der Waals surface area contributed by atoms with Crippen LogP contribution in [-0.2, 0) is 4.79 Å². The molecule has 2 rings (SSSR count). The molecule has 0 bridgehead atoms. The van der Waals surface area contributed by atoms with E-state index in [4.69, 9.17) is 5.11 Å². The number of fused-ring (bicyclic) bond motifs is 1. The molecule has 0 amide bonds. The van der Waals surface area contributed by atoms with Crippen LogP contribution in [0.2, 0.25) is 0 Å². The molecule has 1 atom stereocenters. The second kappa shape index (κ2) is 5.79. The van der Waals surface area contributed by atoms with Crippen molar-refractivity contribution < 1.29 is 9.90 Å². The Morgan fingerprint density at radius 2 is 2.22 bits per heavy atom. The Balaban J connectivity index is 2.19. The van der Waals surface area contributed by atoms with E-state index in [0.717, 1.165) is 15.9 Å². The summed E-state index contributed by atoms with van der Waals surface area (Å²) in [5.41, 5.74) is 0.867. The molecule has 0 aliphatic carbocycles. The van der Waals surface area contributed by atoms with Crippen LogP contribution < -0.4 is 5.32 Å². The van der Waals surface area contributed by atoms with Crippen LogP contribution >= 0.6 is 11.8 Å². The maximum atomic E-state index is 10.9. The monoisotopic (exact) mass is 263 g/mol. The lowest BCUT2D eigenvalue weighted by molar-refractivity contribution is -0.138. The summed E-state index contributed by atoms with van der Waals surface area (Å²) in [7, 11) is 1.64. The largest absolute Gasteiger partial charge is 0.480 e. The first-order valence-electron chi connectivity index (χ1n) is 5.45. The van der Waals surface area contributed by atoms with Gasteiger partial charge in [0.2, 0.25) is 0 Å². The van der Waals surface area contributed by atoms with Crippen LogP contribution in [0.25, 0.3) is 10.9 Å². The van der Waals surface area contributed by atoms with Crippen molar-refractivity contribution in [2.45, 2.75) is 11.1 Å². The molecule has 0 aliphatic heterocycles. The van der Waals surface area contributed by atoms with E-state index in [-0.39, 0.29) is 0 Å². The number of benzene rings is 1. The summed E-state index contributed by atoms with van der Waals surface area (Å²) in [4.78, 5) is 19.3. The number of carbonyl (C=O) groups is 1. The highest BCUT2D eigenvalue weighted by Crippen LogP contribution is 2.24. The lowest BCUT2D eigenvalue weighted by Crippen LogP contribution is -2.35. The van der Waals surface area contributed by atoms with Gasteiger partial charge in [-0.25, -0.2) is 9.97 Å². The molecule has 5 nitrogen and oxygen atoms in total. The molecule has 0 saturated heterocycles. The Hall–Kier alpha value is -1.66. The van der Waals surface area contributed by atoms with E-state index < -0.39 is 12.0 Å². The van der Waals surface area contributed by atoms with E-state index in [0.29, 0.717) is 5.75 Å². The zero-order chi connectivity index (χ0) is 13.0. The number of hydrogen-bond donors (Lipinski definition) is 2. The third kappa shape index (κ3) is 2.77. The minimum absolute atomic E-state index is 0.423. The number of para-hydroxylation sites is 1. The first kappa shape index (κ1) is 12.8. The van der Waals surface area contributed by atoms with Gasteiger partial charge in [0.1, 0.15) is 17.4 Å². The summed E-state index contributed by atoms with van der Waals surface area (Å²) in [6, 6.07) is 7.10. The van der Waals surface area contributed by atoms with E-state index in [1.165, 1.54) is 18.1 Å². The van der Waals surface area contributed by atoms with Gasteiger partial charge in [0, 0.05) is 11.1 Å². The summed E-state index contributed by atoms with van der Waals surface area (Å²) < 4.78 is 0. The number of likely N-dealkylation sites (N-methyl/N-ethyl adjacent to an activating group) is 1. The summed E-state index contributed by atoms with van der Waals surface area (Å²) in [5, 5.41) is 13.5. The number of nitrogens with zero attached hydrogens (tertiary/aromatic N) is 2. The Labute approximate surface area is 109 Å². The molecule has 94 valence electrons. The highest BCUT2D eigenvalue weighted by Gasteiger charge is 2.16. The van der Waals surface area contributed by atoms with Gasteiger partial charge in [-0.3, -0.25) is 4.79 Å². The van der Waals surface area contributed by atoms with Gasteiger partial charge in [-0.2, -0.15) is 0 Å². The molecule has 18 heavy (non-hydrogen) atoms. The van der Waals surface area contributed by atoms with Crippen LogP contribution in [0.4, 0.5) is 0 Å². The lowest BCUT2D eigenvalue weighted by Gasteiger charge is -2.10. The van der Waals surface area contributed by atoms with Gasteiger partial charge in [0.25, 0.3) is 0 Å². The molecule has 2 N–H and O–H groups in total. The quantitative estimate of drug-likeness (QED) is 0.627. The number of thioether (sulfide) groups is 1.